The van der Waals surface area contributed by atoms with Gasteiger partial charge in [-0.25, -0.2) is 8.78 Å². The zero-order valence-corrected chi connectivity index (χ0v) is 16.2. The van der Waals surface area contributed by atoms with E-state index in [4.69, 9.17) is 9.47 Å². The molecule has 0 N–H and O–H groups in total. The monoisotopic (exact) mass is 380 g/mol. The number of hydrogen-bond donors (Lipinski definition) is 0. The topological polar surface area (TPSA) is 78.9 Å². The van der Waals surface area contributed by atoms with Gasteiger partial charge < -0.3 is 14.2 Å². The molecule has 0 aliphatic rings. The van der Waals surface area contributed by atoms with E-state index in [-0.39, 0.29) is 19.2 Å². The number of halogens is 2. The summed E-state index contributed by atoms with van der Waals surface area (Å²) in [4.78, 5) is 34.4. The van der Waals surface area contributed by atoms with Gasteiger partial charge >= 0.3 is 17.9 Å². The van der Waals surface area contributed by atoms with Gasteiger partial charge in [0.15, 0.2) is 0 Å². The molecule has 0 amide bonds. The number of hydrogen-bond acceptors (Lipinski definition) is 6. The highest BCUT2D eigenvalue weighted by Gasteiger charge is 2.36. The van der Waals surface area contributed by atoms with Crippen LogP contribution in [0.4, 0.5) is 8.78 Å². The van der Waals surface area contributed by atoms with E-state index in [0.29, 0.717) is 19.3 Å². The van der Waals surface area contributed by atoms with E-state index in [1.54, 1.807) is 27.7 Å². The van der Waals surface area contributed by atoms with Crippen molar-refractivity contribution in [1.29, 1.82) is 0 Å². The average molecular weight is 380 g/mol. The van der Waals surface area contributed by atoms with Crippen molar-refractivity contribution in [3.63, 3.8) is 0 Å². The zero-order chi connectivity index (χ0) is 20.4. The lowest BCUT2D eigenvalue weighted by Gasteiger charge is -2.20. The molecule has 0 aromatic carbocycles. The Morgan fingerprint density at radius 2 is 1.42 bits per heavy atom. The molecule has 6 nitrogen and oxygen atoms in total. The molecule has 26 heavy (non-hydrogen) atoms. The molecular formula is C18H30F2O6. The van der Waals surface area contributed by atoms with Crippen LogP contribution in [0.15, 0.2) is 0 Å². The summed E-state index contributed by atoms with van der Waals surface area (Å²) in [6.45, 7) is 8.67. The minimum atomic E-state index is -3.51. The van der Waals surface area contributed by atoms with Crippen LogP contribution in [-0.4, -0.2) is 43.1 Å². The van der Waals surface area contributed by atoms with Crippen LogP contribution < -0.4 is 0 Å². The van der Waals surface area contributed by atoms with Crippen LogP contribution in [-0.2, 0) is 28.6 Å². The third-order valence-corrected chi connectivity index (χ3v) is 3.64. The molecule has 0 atom stereocenters. The Hall–Kier alpha value is -1.73. The number of unbranched alkanes of at least 4 members (excludes halogenated alkanes) is 1. The number of ether oxygens (including phenoxy) is 3. The zero-order valence-electron chi connectivity index (χ0n) is 16.2. The smallest absolute Gasteiger partial charge is 0.312 e. The molecule has 0 saturated carbocycles. The van der Waals surface area contributed by atoms with Gasteiger partial charge in [0, 0.05) is 0 Å². The molecule has 0 heterocycles. The predicted molar refractivity (Wildman–Crippen MR) is 90.6 cm³/mol. The maximum absolute atomic E-state index is 13.6. The Balaban J connectivity index is 3.95. The molecule has 152 valence electrons. The lowest BCUT2D eigenvalue weighted by atomic mass is 9.91. The summed E-state index contributed by atoms with van der Waals surface area (Å²) in [6.07, 6.45) is -1.35. The van der Waals surface area contributed by atoms with E-state index in [9.17, 15) is 23.2 Å². The normalized spacial score (nSPS) is 12.0. The second kappa shape index (κ2) is 11.1. The minimum absolute atomic E-state index is 0.0555. The van der Waals surface area contributed by atoms with Gasteiger partial charge in [-0.2, -0.15) is 0 Å². The lowest BCUT2D eigenvalue weighted by Crippen LogP contribution is -2.28. The highest BCUT2D eigenvalue weighted by Crippen LogP contribution is 2.24. The maximum atomic E-state index is 13.6. The third kappa shape index (κ3) is 11.0. The number of esters is 3. The van der Waals surface area contributed by atoms with E-state index in [0.717, 1.165) is 0 Å². The molecule has 0 aliphatic heterocycles. The van der Waals surface area contributed by atoms with Crippen molar-refractivity contribution < 1.29 is 37.4 Å². The second-order valence-corrected chi connectivity index (χ2v) is 7.05. The molecular weight excluding hydrogens is 350 g/mol. The molecule has 8 heteroatoms. The van der Waals surface area contributed by atoms with E-state index >= 15 is 0 Å². The van der Waals surface area contributed by atoms with E-state index in [1.807, 2.05) is 6.92 Å². The molecule has 0 bridgehead atoms. The summed E-state index contributed by atoms with van der Waals surface area (Å²) >= 11 is 0. The van der Waals surface area contributed by atoms with E-state index < -0.39 is 42.2 Å². The SMILES string of the molecule is CCC(C)(C)C(=O)OCCCCOC(=O)CC(F)(F)CC(=O)OC(C)C. The van der Waals surface area contributed by atoms with E-state index in [2.05, 4.69) is 4.74 Å². The average Bonchev–Trinajstić information content (AvgIpc) is 2.48. The fourth-order valence-electron chi connectivity index (χ4n) is 1.74. The van der Waals surface area contributed by atoms with Gasteiger partial charge in [0.2, 0.25) is 0 Å². The molecule has 0 unspecified atom stereocenters. The van der Waals surface area contributed by atoms with Gasteiger partial charge in [0.1, 0.15) is 12.8 Å². The first-order chi connectivity index (χ1) is 11.9. The van der Waals surface area contributed by atoms with Crippen LogP contribution in [0.1, 0.15) is 66.7 Å². The van der Waals surface area contributed by atoms with Gasteiger partial charge in [-0.05, 0) is 47.0 Å². The quantitative estimate of drug-likeness (QED) is 0.292. The standard InChI is InChI=1S/C18H30F2O6/c1-6-17(4,5)16(23)25-10-8-7-9-24-14(21)11-18(19,20)12-15(22)26-13(2)3/h13H,6-12H2,1-5H3. The Labute approximate surface area is 153 Å². The molecule has 0 radical (unpaired) electrons. The third-order valence-electron chi connectivity index (χ3n) is 3.64. The Morgan fingerprint density at radius 3 is 1.92 bits per heavy atom. The van der Waals surface area contributed by atoms with Gasteiger partial charge in [0.25, 0.3) is 5.92 Å². The first kappa shape index (κ1) is 24.3. The van der Waals surface area contributed by atoms with Crippen LogP contribution in [0.2, 0.25) is 0 Å². The summed E-state index contributed by atoms with van der Waals surface area (Å²) in [6, 6.07) is 0. The fourth-order valence-corrected chi connectivity index (χ4v) is 1.74. The summed E-state index contributed by atoms with van der Waals surface area (Å²) < 4.78 is 41.6. The predicted octanol–water partition coefficient (Wildman–Crippen LogP) is 3.66. The lowest BCUT2D eigenvalue weighted by molar-refractivity contribution is -0.162. The van der Waals surface area contributed by atoms with Gasteiger partial charge in [-0.3, -0.25) is 14.4 Å². The van der Waals surface area contributed by atoms with Crippen molar-refractivity contribution in [2.24, 2.45) is 5.41 Å². The number of rotatable bonds is 12. The highest BCUT2D eigenvalue weighted by atomic mass is 19.3. The van der Waals surface area contributed by atoms with Crippen molar-refractivity contribution in [3.05, 3.63) is 0 Å². The van der Waals surface area contributed by atoms with Crippen molar-refractivity contribution >= 4 is 17.9 Å². The second-order valence-electron chi connectivity index (χ2n) is 7.05. The van der Waals surface area contributed by atoms with Crippen molar-refractivity contribution in [2.75, 3.05) is 13.2 Å². The van der Waals surface area contributed by atoms with Crippen LogP contribution in [0.5, 0.6) is 0 Å². The molecule has 0 aliphatic carbocycles. The summed E-state index contributed by atoms with van der Waals surface area (Å²) in [5, 5.41) is 0. The van der Waals surface area contributed by atoms with Crippen molar-refractivity contribution in [2.45, 2.75) is 78.7 Å². The first-order valence-electron chi connectivity index (χ1n) is 8.80. The molecule has 0 fully saturated rings. The summed E-state index contributed by atoms with van der Waals surface area (Å²) in [7, 11) is 0. The summed E-state index contributed by atoms with van der Waals surface area (Å²) in [5.41, 5.74) is -0.547. The Bertz CT molecular complexity index is 474. The van der Waals surface area contributed by atoms with E-state index in [1.165, 1.54) is 0 Å². The molecule has 0 rings (SSSR count). The van der Waals surface area contributed by atoms with Crippen LogP contribution in [0.25, 0.3) is 0 Å². The molecule has 0 aromatic heterocycles. The molecule has 0 spiro atoms. The number of carbonyl (C=O) groups excluding carboxylic acids is 3. The van der Waals surface area contributed by atoms with Crippen LogP contribution in [0, 0.1) is 5.41 Å². The maximum Gasteiger partial charge on any atom is 0.312 e. The number of alkyl halides is 2. The summed E-state index contributed by atoms with van der Waals surface area (Å²) in [5.74, 6) is -5.96. The first-order valence-corrected chi connectivity index (χ1v) is 8.80. The minimum Gasteiger partial charge on any atom is -0.466 e. The Kier molecular flexibility index (Phi) is 10.3. The number of carbonyl (C=O) groups is 3. The van der Waals surface area contributed by atoms with Crippen molar-refractivity contribution in [1.82, 2.24) is 0 Å². The Morgan fingerprint density at radius 1 is 0.923 bits per heavy atom. The molecule has 0 aromatic rings. The van der Waals surface area contributed by atoms with Crippen molar-refractivity contribution in [3.8, 4) is 0 Å². The van der Waals surface area contributed by atoms with Crippen LogP contribution in [0.3, 0.4) is 0 Å². The van der Waals surface area contributed by atoms with Gasteiger partial charge in [0.05, 0.1) is 24.7 Å². The molecule has 0 saturated heterocycles. The van der Waals surface area contributed by atoms with Gasteiger partial charge in [-0.1, -0.05) is 6.92 Å². The fraction of sp³-hybridized carbons (Fsp3) is 0.833. The largest absolute Gasteiger partial charge is 0.466 e. The van der Waals surface area contributed by atoms with Crippen LogP contribution >= 0.6 is 0 Å². The van der Waals surface area contributed by atoms with Gasteiger partial charge in [-0.15, -0.1) is 0 Å². The highest BCUT2D eigenvalue weighted by molar-refractivity contribution is 5.75.